The van der Waals surface area contributed by atoms with E-state index in [2.05, 4.69) is 16.4 Å². The molecule has 1 spiro atoms. The van der Waals surface area contributed by atoms with Crippen LogP contribution in [0.2, 0.25) is 0 Å². The van der Waals surface area contributed by atoms with E-state index < -0.39 is 0 Å². The van der Waals surface area contributed by atoms with E-state index in [-0.39, 0.29) is 11.6 Å². The van der Waals surface area contributed by atoms with Crippen molar-refractivity contribution in [2.24, 2.45) is 0 Å². The van der Waals surface area contributed by atoms with Crippen LogP contribution in [0.3, 0.4) is 0 Å². The lowest BCUT2D eigenvalue weighted by molar-refractivity contribution is -0.0280. The first kappa shape index (κ1) is 14.2. The van der Waals surface area contributed by atoms with Crippen LogP contribution in [0.25, 0.3) is 0 Å². The van der Waals surface area contributed by atoms with Gasteiger partial charge in [0.25, 0.3) is 0 Å². The molecule has 0 radical (unpaired) electrons. The van der Waals surface area contributed by atoms with Gasteiger partial charge >= 0.3 is 5.97 Å². The van der Waals surface area contributed by atoms with Gasteiger partial charge in [0.15, 0.2) is 0 Å². The van der Waals surface area contributed by atoms with Gasteiger partial charge in [-0.05, 0) is 49.4 Å². The van der Waals surface area contributed by atoms with Crippen molar-refractivity contribution in [3.8, 4) is 0 Å². The average molecular weight is 308 g/mol. The first-order valence-electron chi connectivity index (χ1n) is 8.28. The second kappa shape index (κ2) is 5.69. The van der Waals surface area contributed by atoms with Crippen LogP contribution in [0.4, 0.5) is 5.69 Å². The van der Waals surface area contributed by atoms with Crippen molar-refractivity contribution in [3.05, 3.63) is 59.4 Å². The Hall–Kier alpha value is -2.36. The number of carbonyl (C=O) groups is 1. The highest BCUT2D eigenvalue weighted by molar-refractivity contribution is 5.95. The summed E-state index contributed by atoms with van der Waals surface area (Å²) in [5, 5.41) is 3.35. The average Bonchev–Trinajstić information content (AvgIpc) is 2.86. The summed E-state index contributed by atoms with van der Waals surface area (Å²) in [4.78, 5) is 16.4. The molecular formula is C19H20N2O2. The van der Waals surface area contributed by atoms with Gasteiger partial charge < -0.3 is 10.1 Å². The number of rotatable bonds is 3. The second-order valence-corrected chi connectivity index (χ2v) is 6.42. The van der Waals surface area contributed by atoms with Gasteiger partial charge in [0.2, 0.25) is 0 Å². The number of pyridine rings is 1. The maximum absolute atomic E-state index is 12.3. The number of hydrogen-bond acceptors (Lipinski definition) is 4. The summed E-state index contributed by atoms with van der Waals surface area (Å²) in [6.45, 7) is 0.687. The zero-order valence-corrected chi connectivity index (χ0v) is 13.0. The van der Waals surface area contributed by atoms with Gasteiger partial charge in [-0.25, -0.2) is 4.79 Å². The lowest BCUT2D eigenvalue weighted by Gasteiger charge is -2.32. The minimum Gasteiger partial charge on any atom is -0.451 e. The van der Waals surface area contributed by atoms with E-state index in [4.69, 9.17) is 4.74 Å². The quantitative estimate of drug-likeness (QED) is 0.870. The van der Waals surface area contributed by atoms with Gasteiger partial charge in [-0.1, -0.05) is 18.6 Å². The molecule has 2 aromatic rings. The Labute approximate surface area is 135 Å². The molecule has 1 aliphatic carbocycles. The summed E-state index contributed by atoms with van der Waals surface area (Å²) in [5.74, 6) is -0.174. The highest BCUT2D eigenvalue weighted by Crippen LogP contribution is 2.47. The van der Waals surface area contributed by atoms with E-state index in [0.717, 1.165) is 48.1 Å². The van der Waals surface area contributed by atoms with Crippen LogP contribution in [0.5, 0.6) is 0 Å². The van der Waals surface area contributed by atoms with Crippen molar-refractivity contribution >= 4 is 11.7 Å². The summed E-state index contributed by atoms with van der Waals surface area (Å²) < 4.78 is 5.80. The van der Waals surface area contributed by atoms with Crippen LogP contribution in [0.15, 0.2) is 42.7 Å². The molecule has 2 heterocycles. The second-order valence-electron chi connectivity index (χ2n) is 6.42. The number of carbonyl (C=O) groups excluding carboxylic acids is 1. The van der Waals surface area contributed by atoms with E-state index in [0.29, 0.717) is 6.54 Å². The molecule has 0 atom stereocenters. The number of nitrogens with zero attached hydrogens (tertiary/aromatic N) is 1. The third-order valence-electron chi connectivity index (χ3n) is 4.90. The van der Waals surface area contributed by atoms with Gasteiger partial charge in [0.1, 0.15) is 5.60 Å². The third kappa shape index (κ3) is 2.58. The molecule has 23 heavy (non-hydrogen) atoms. The first-order valence-corrected chi connectivity index (χ1v) is 8.28. The van der Waals surface area contributed by atoms with Crippen molar-refractivity contribution in [1.82, 2.24) is 4.98 Å². The third-order valence-corrected chi connectivity index (χ3v) is 4.90. The Morgan fingerprint density at radius 2 is 2.04 bits per heavy atom. The molecule has 0 saturated heterocycles. The van der Waals surface area contributed by atoms with E-state index in [1.54, 1.807) is 6.20 Å². The van der Waals surface area contributed by atoms with E-state index in [1.165, 1.54) is 6.42 Å². The molecule has 2 aliphatic rings. The fraction of sp³-hybridized carbons (Fsp3) is 0.368. The zero-order valence-electron chi connectivity index (χ0n) is 13.0. The standard InChI is InChI=1S/C19H20N2O2/c22-18-16-11-15(21-13-14-5-4-10-20-12-14)6-7-17(16)19(23-18)8-2-1-3-9-19/h4-7,10-12,21H,1-3,8-9,13H2. The molecule has 4 heteroatoms. The Balaban J connectivity index is 1.56. The van der Waals surface area contributed by atoms with Crippen LogP contribution in [-0.2, 0) is 16.9 Å². The van der Waals surface area contributed by atoms with Gasteiger partial charge in [0.05, 0.1) is 5.56 Å². The lowest BCUT2D eigenvalue weighted by Crippen LogP contribution is -2.28. The molecule has 4 rings (SSSR count). The minimum atomic E-state index is -0.355. The Bertz CT molecular complexity index is 721. The van der Waals surface area contributed by atoms with Crippen LogP contribution in [-0.4, -0.2) is 11.0 Å². The van der Waals surface area contributed by atoms with Crippen molar-refractivity contribution in [2.45, 2.75) is 44.2 Å². The number of hydrogen-bond donors (Lipinski definition) is 1. The van der Waals surface area contributed by atoms with Gasteiger partial charge in [-0.3, -0.25) is 4.98 Å². The molecule has 0 bridgehead atoms. The zero-order chi connectivity index (χ0) is 15.7. The number of aromatic nitrogens is 1. The number of nitrogens with one attached hydrogen (secondary N) is 1. The Morgan fingerprint density at radius 1 is 1.17 bits per heavy atom. The molecule has 118 valence electrons. The molecule has 1 N–H and O–H groups in total. The van der Waals surface area contributed by atoms with Crippen LogP contribution >= 0.6 is 0 Å². The molecular weight excluding hydrogens is 288 g/mol. The van der Waals surface area contributed by atoms with Crippen molar-refractivity contribution in [1.29, 1.82) is 0 Å². The molecule has 1 aromatic carbocycles. The molecule has 1 aliphatic heterocycles. The van der Waals surface area contributed by atoms with Crippen LogP contribution in [0, 0.1) is 0 Å². The highest BCUT2D eigenvalue weighted by Gasteiger charge is 2.45. The summed E-state index contributed by atoms with van der Waals surface area (Å²) in [6.07, 6.45) is 9.01. The van der Waals surface area contributed by atoms with E-state index in [1.807, 2.05) is 30.5 Å². The monoisotopic (exact) mass is 308 g/mol. The molecule has 4 nitrogen and oxygen atoms in total. The summed E-state index contributed by atoms with van der Waals surface area (Å²) in [7, 11) is 0. The number of anilines is 1. The normalized spacial score (nSPS) is 18.5. The molecule has 0 amide bonds. The number of esters is 1. The van der Waals surface area contributed by atoms with Gasteiger partial charge in [-0.15, -0.1) is 0 Å². The SMILES string of the molecule is O=C1OC2(CCCCC2)c2ccc(NCc3cccnc3)cc21. The fourth-order valence-corrected chi connectivity index (χ4v) is 3.71. The predicted molar refractivity (Wildman–Crippen MR) is 88.2 cm³/mol. The van der Waals surface area contributed by atoms with Gasteiger partial charge in [0, 0.05) is 30.2 Å². The van der Waals surface area contributed by atoms with Gasteiger partial charge in [-0.2, -0.15) is 0 Å². The highest BCUT2D eigenvalue weighted by atomic mass is 16.6. The van der Waals surface area contributed by atoms with Crippen LogP contribution < -0.4 is 5.32 Å². The summed E-state index contributed by atoms with van der Waals surface area (Å²) in [6, 6.07) is 9.99. The topological polar surface area (TPSA) is 51.2 Å². The summed E-state index contributed by atoms with van der Waals surface area (Å²) >= 11 is 0. The minimum absolute atomic E-state index is 0.174. The maximum Gasteiger partial charge on any atom is 0.339 e. The smallest absolute Gasteiger partial charge is 0.339 e. The molecule has 1 saturated carbocycles. The van der Waals surface area contributed by atoms with Crippen LogP contribution in [0.1, 0.15) is 53.6 Å². The molecule has 1 fully saturated rings. The maximum atomic E-state index is 12.3. The van der Waals surface area contributed by atoms with Crippen molar-refractivity contribution in [3.63, 3.8) is 0 Å². The Kier molecular flexibility index (Phi) is 3.52. The van der Waals surface area contributed by atoms with Crippen molar-refractivity contribution in [2.75, 3.05) is 5.32 Å². The Morgan fingerprint density at radius 3 is 2.83 bits per heavy atom. The molecule has 1 aromatic heterocycles. The molecule has 0 unspecified atom stereocenters. The first-order chi connectivity index (χ1) is 11.3. The number of ether oxygens (including phenoxy) is 1. The predicted octanol–water partition coefficient (Wildman–Crippen LogP) is 4.02. The lowest BCUT2D eigenvalue weighted by atomic mass is 9.79. The number of fused-ring (bicyclic) bond motifs is 2. The fourth-order valence-electron chi connectivity index (χ4n) is 3.71. The van der Waals surface area contributed by atoms with Crippen molar-refractivity contribution < 1.29 is 9.53 Å². The largest absolute Gasteiger partial charge is 0.451 e. The van der Waals surface area contributed by atoms with E-state index >= 15 is 0 Å². The summed E-state index contributed by atoms with van der Waals surface area (Å²) in [5.41, 5.74) is 3.50. The number of benzene rings is 1. The van der Waals surface area contributed by atoms with E-state index in [9.17, 15) is 4.79 Å².